The van der Waals surface area contributed by atoms with Crippen LogP contribution in [0.1, 0.15) is 32.2 Å². The maximum absolute atomic E-state index is 12.9. The summed E-state index contributed by atoms with van der Waals surface area (Å²) in [6, 6.07) is 0.101. The third kappa shape index (κ3) is 3.45. The van der Waals surface area contributed by atoms with Crippen molar-refractivity contribution in [3.63, 3.8) is 0 Å². The SMILES string of the molecule is Cc1[nH]nc(CNC(C)C)c1S(=O)(=O)N1CCOCC1C. The predicted octanol–water partition coefficient (Wildman–Crippen LogP) is 0.626. The van der Waals surface area contributed by atoms with Crippen LogP contribution in [0.15, 0.2) is 4.90 Å². The number of ether oxygens (including phenoxy) is 1. The summed E-state index contributed by atoms with van der Waals surface area (Å²) in [7, 11) is -3.56. The van der Waals surface area contributed by atoms with Crippen molar-refractivity contribution in [2.45, 2.75) is 51.2 Å². The molecule has 2 N–H and O–H groups in total. The summed E-state index contributed by atoms with van der Waals surface area (Å²) in [5.74, 6) is 0. The Morgan fingerprint density at radius 1 is 1.52 bits per heavy atom. The van der Waals surface area contributed by atoms with E-state index in [9.17, 15) is 8.42 Å². The van der Waals surface area contributed by atoms with Gasteiger partial charge in [-0.2, -0.15) is 9.40 Å². The molecular formula is C13H24N4O3S. The molecule has 0 amide bonds. The molecule has 1 atom stereocenters. The van der Waals surface area contributed by atoms with Gasteiger partial charge < -0.3 is 10.1 Å². The topological polar surface area (TPSA) is 87.3 Å². The summed E-state index contributed by atoms with van der Waals surface area (Å²) in [6.07, 6.45) is 0. The van der Waals surface area contributed by atoms with Gasteiger partial charge in [0.15, 0.2) is 0 Å². The Bertz CT molecular complexity index is 582. The second-order valence-corrected chi connectivity index (χ2v) is 7.53. The number of aromatic amines is 1. The van der Waals surface area contributed by atoms with Crippen LogP contribution in [-0.4, -0.2) is 54.8 Å². The number of sulfonamides is 1. The Kier molecular flexibility index (Phi) is 5.03. The van der Waals surface area contributed by atoms with Crippen LogP contribution in [0.25, 0.3) is 0 Å². The molecule has 1 aliphatic heterocycles. The van der Waals surface area contributed by atoms with Gasteiger partial charge in [-0.3, -0.25) is 5.10 Å². The van der Waals surface area contributed by atoms with Gasteiger partial charge in [0.05, 0.1) is 24.6 Å². The highest BCUT2D eigenvalue weighted by Gasteiger charge is 2.35. The summed E-state index contributed by atoms with van der Waals surface area (Å²) in [5, 5.41) is 10.2. The smallest absolute Gasteiger partial charge is 0.247 e. The number of nitrogens with zero attached hydrogens (tertiary/aromatic N) is 2. The summed E-state index contributed by atoms with van der Waals surface area (Å²) in [6.45, 7) is 9.29. The summed E-state index contributed by atoms with van der Waals surface area (Å²) < 4.78 is 32.7. The lowest BCUT2D eigenvalue weighted by Gasteiger charge is -2.32. The fourth-order valence-electron chi connectivity index (χ4n) is 2.42. The Morgan fingerprint density at radius 3 is 2.86 bits per heavy atom. The van der Waals surface area contributed by atoms with Gasteiger partial charge in [-0.1, -0.05) is 13.8 Å². The van der Waals surface area contributed by atoms with Crippen molar-refractivity contribution in [2.75, 3.05) is 19.8 Å². The number of morpholine rings is 1. The molecule has 1 aliphatic rings. The van der Waals surface area contributed by atoms with Gasteiger partial charge in [-0.15, -0.1) is 0 Å². The highest BCUT2D eigenvalue weighted by Crippen LogP contribution is 2.25. The van der Waals surface area contributed by atoms with Crippen molar-refractivity contribution >= 4 is 10.0 Å². The highest BCUT2D eigenvalue weighted by molar-refractivity contribution is 7.89. The zero-order valence-electron chi connectivity index (χ0n) is 13.0. The van der Waals surface area contributed by atoms with Crippen LogP contribution in [0.4, 0.5) is 0 Å². The molecule has 1 aromatic rings. The van der Waals surface area contributed by atoms with Crippen LogP contribution < -0.4 is 5.32 Å². The number of rotatable bonds is 5. The largest absolute Gasteiger partial charge is 0.378 e. The van der Waals surface area contributed by atoms with Gasteiger partial charge in [-0.25, -0.2) is 8.42 Å². The molecule has 0 bridgehead atoms. The molecule has 1 saturated heterocycles. The van der Waals surface area contributed by atoms with E-state index in [0.29, 0.717) is 42.6 Å². The fourth-order valence-corrected chi connectivity index (χ4v) is 4.35. The van der Waals surface area contributed by atoms with E-state index in [2.05, 4.69) is 15.5 Å². The Labute approximate surface area is 126 Å². The van der Waals surface area contributed by atoms with Gasteiger partial charge in [-0.05, 0) is 13.8 Å². The molecule has 1 aromatic heterocycles. The van der Waals surface area contributed by atoms with Crippen molar-refractivity contribution in [2.24, 2.45) is 0 Å². The molecule has 0 spiro atoms. The van der Waals surface area contributed by atoms with Crippen LogP contribution >= 0.6 is 0 Å². The molecule has 1 fully saturated rings. The molecule has 0 aromatic carbocycles. The molecule has 7 nitrogen and oxygen atoms in total. The van der Waals surface area contributed by atoms with E-state index in [1.165, 1.54) is 4.31 Å². The molecule has 0 radical (unpaired) electrons. The summed E-state index contributed by atoms with van der Waals surface area (Å²) in [4.78, 5) is 0.296. The first-order valence-corrected chi connectivity index (χ1v) is 8.65. The maximum Gasteiger partial charge on any atom is 0.247 e. The van der Waals surface area contributed by atoms with E-state index in [1.54, 1.807) is 6.92 Å². The van der Waals surface area contributed by atoms with E-state index >= 15 is 0 Å². The minimum atomic E-state index is -3.56. The average Bonchev–Trinajstić information content (AvgIpc) is 2.78. The summed E-state index contributed by atoms with van der Waals surface area (Å²) in [5.41, 5.74) is 1.12. The standard InChI is InChI=1S/C13H24N4O3S/c1-9(2)14-7-12-13(11(4)15-16-12)21(18,19)17-5-6-20-8-10(17)3/h9-10,14H,5-8H2,1-4H3,(H,15,16). The predicted molar refractivity (Wildman–Crippen MR) is 79.5 cm³/mol. The molecule has 120 valence electrons. The molecule has 21 heavy (non-hydrogen) atoms. The quantitative estimate of drug-likeness (QED) is 0.832. The molecule has 1 unspecified atom stereocenters. The highest BCUT2D eigenvalue weighted by atomic mass is 32.2. The van der Waals surface area contributed by atoms with Crippen LogP contribution in [0.2, 0.25) is 0 Å². The van der Waals surface area contributed by atoms with Crippen molar-refractivity contribution in [1.29, 1.82) is 0 Å². The second kappa shape index (κ2) is 6.43. The van der Waals surface area contributed by atoms with E-state index in [1.807, 2.05) is 20.8 Å². The van der Waals surface area contributed by atoms with Gasteiger partial charge >= 0.3 is 0 Å². The number of hydrogen-bond acceptors (Lipinski definition) is 5. The molecule has 2 rings (SSSR count). The number of aromatic nitrogens is 2. The van der Waals surface area contributed by atoms with E-state index in [4.69, 9.17) is 4.74 Å². The Balaban J connectivity index is 2.33. The normalized spacial score (nSPS) is 21.1. The van der Waals surface area contributed by atoms with Crippen molar-refractivity contribution in [3.05, 3.63) is 11.4 Å². The lowest BCUT2D eigenvalue weighted by molar-refractivity contribution is 0.0392. The Morgan fingerprint density at radius 2 is 2.24 bits per heavy atom. The number of hydrogen-bond donors (Lipinski definition) is 2. The fraction of sp³-hybridized carbons (Fsp3) is 0.769. The van der Waals surface area contributed by atoms with Gasteiger partial charge in [0, 0.05) is 25.2 Å². The van der Waals surface area contributed by atoms with Crippen molar-refractivity contribution in [3.8, 4) is 0 Å². The van der Waals surface area contributed by atoms with Crippen LogP contribution in [0.5, 0.6) is 0 Å². The maximum atomic E-state index is 12.9. The number of H-pyrrole nitrogens is 1. The van der Waals surface area contributed by atoms with E-state index in [-0.39, 0.29) is 12.1 Å². The molecule has 0 saturated carbocycles. The van der Waals surface area contributed by atoms with Gasteiger partial charge in [0.1, 0.15) is 4.90 Å². The third-order valence-electron chi connectivity index (χ3n) is 3.51. The first-order chi connectivity index (χ1) is 9.84. The third-order valence-corrected chi connectivity index (χ3v) is 5.73. The van der Waals surface area contributed by atoms with E-state index in [0.717, 1.165) is 0 Å². The summed E-state index contributed by atoms with van der Waals surface area (Å²) >= 11 is 0. The minimum Gasteiger partial charge on any atom is -0.378 e. The zero-order valence-corrected chi connectivity index (χ0v) is 13.8. The van der Waals surface area contributed by atoms with E-state index < -0.39 is 10.0 Å². The van der Waals surface area contributed by atoms with Gasteiger partial charge in [0.25, 0.3) is 0 Å². The average molecular weight is 316 g/mol. The minimum absolute atomic E-state index is 0.163. The zero-order chi connectivity index (χ0) is 15.6. The first-order valence-electron chi connectivity index (χ1n) is 7.21. The monoisotopic (exact) mass is 316 g/mol. The molecule has 2 heterocycles. The number of nitrogens with one attached hydrogen (secondary N) is 2. The molecule has 8 heteroatoms. The van der Waals surface area contributed by atoms with Crippen LogP contribution in [0, 0.1) is 6.92 Å². The van der Waals surface area contributed by atoms with Gasteiger partial charge in [0.2, 0.25) is 10.0 Å². The molecular weight excluding hydrogens is 292 g/mol. The second-order valence-electron chi connectivity index (χ2n) is 5.70. The van der Waals surface area contributed by atoms with Crippen LogP contribution in [0.3, 0.4) is 0 Å². The van der Waals surface area contributed by atoms with Crippen molar-refractivity contribution in [1.82, 2.24) is 19.8 Å². The Hall–Kier alpha value is -0.960. The lowest BCUT2D eigenvalue weighted by Crippen LogP contribution is -2.47. The lowest BCUT2D eigenvalue weighted by atomic mass is 10.3. The van der Waals surface area contributed by atoms with Crippen molar-refractivity contribution < 1.29 is 13.2 Å². The van der Waals surface area contributed by atoms with Crippen LogP contribution in [-0.2, 0) is 21.3 Å². The first kappa shape index (κ1) is 16.4. The number of aryl methyl sites for hydroxylation is 1. The molecule has 0 aliphatic carbocycles.